The fraction of sp³-hybridized carbons (Fsp3) is 0.786. The first-order valence-electron chi connectivity index (χ1n) is 6.14. The molecule has 1 aliphatic carbocycles. The van der Waals surface area contributed by atoms with Gasteiger partial charge in [0.15, 0.2) is 5.78 Å². The summed E-state index contributed by atoms with van der Waals surface area (Å²) in [5.74, 6) is 0.379. The Bertz CT molecular complexity index is 302. The Morgan fingerprint density at radius 1 is 1.50 bits per heavy atom. The predicted molar refractivity (Wildman–Crippen MR) is 72.9 cm³/mol. The highest BCUT2D eigenvalue weighted by Crippen LogP contribution is 2.41. The predicted octanol–water partition coefficient (Wildman–Crippen LogP) is 4.22. The van der Waals surface area contributed by atoms with Crippen molar-refractivity contribution in [1.29, 1.82) is 0 Å². The van der Waals surface area contributed by atoms with Crippen LogP contribution in [0.5, 0.6) is 0 Å². The quantitative estimate of drug-likeness (QED) is 0.731. The number of allylic oxidation sites excluding steroid dienone is 2. The molecule has 0 saturated carbocycles. The maximum Gasteiger partial charge on any atom is 0.160 e. The lowest BCUT2D eigenvalue weighted by Gasteiger charge is -2.34. The zero-order valence-corrected chi connectivity index (χ0v) is 12.0. The van der Waals surface area contributed by atoms with Crippen LogP contribution in [0.4, 0.5) is 0 Å². The van der Waals surface area contributed by atoms with Gasteiger partial charge in [-0.1, -0.05) is 26.3 Å². The third kappa shape index (κ3) is 3.13. The van der Waals surface area contributed by atoms with Gasteiger partial charge in [0.05, 0.1) is 0 Å². The van der Waals surface area contributed by atoms with E-state index < -0.39 is 0 Å². The van der Waals surface area contributed by atoms with Crippen molar-refractivity contribution < 1.29 is 4.79 Å². The summed E-state index contributed by atoms with van der Waals surface area (Å²) in [6.07, 6.45) is 6.26. The Balaban J connectivity index is 2.87. The van der Waals surface area contributed by atoms with Gasteiger partial charge in [-0.25, -0.2) is 0 Å². The van der Waals surface area contributed by atoms with Crippen molar-refractivity contribution in [1.82, 2.24) is 0 Å². The largest absolute Gasteiger partial charge is 0.294 e. The molecule has 0 aliphatic heterocycles. The minimum absolute atomic E-state index is 0.0948. The van der Waals surface area contributed by atoms with Crippen LogP contribution in [-0.2, 0) is 4.79 Å². The maximum absolute atomic E-state index is 12.3. The number of carbonyl (C=O) groups is 1. The van der Waals surface area contributed by atoms with E-state index in [9.17, 15) is 4.79 Å². The second-order valence-corrected chi connectivity index (χ2v) is 6.84. The average Bonchev–Trinajstić information content (AvgIpc) is 2.15. The highest BCUT2D eigenvalue weighted by atomic mass is 32.2. The van der Waals surface area contributed by atoms with Gasteiger partial charge in [0.25, 0.3) is 0 Å². The molecule has 0 unspecified atom stereocenters. The van der Waals surface area contributed by atoms with Crippen molar-refractivity contribution in [3.8, 4) is 0 Å². The van der Waals surface area contributed by atoms with Crippen molar-refractivity contribution in [2.24, 2.45) is 5.41 Å². The van der Waals surface area contributed by atoms with E-state index >= 15 is 0 Å². The fourth-order valence-electron chi connectivity index (χ4n) is 2.69. The zero-order valence-electron chi connectivity index (χ0n) is 11.2. The molecule has 0 aromatic rings. The average molecular weight is 240 g/mol. The molecular formula is C14H24OS. The number of hydrogen-bond donors (Lipinski definition) is 0. The monoisotopic (exact) mass is 240 g/mol. The molecule has 1 aliphatic rings. The van der Waals surface area contributed by atoms with E-state index in [1.165, 1.54) is 12.0 Å². The van der Waals surface area contributed by atoms with E-state index in [1.807, 2.05) is 0 Å². The minimum Gasteiger partial charge on any atom is -0.294 e. The molecule has 0 aromatic carbocycles. The molecule has 0 aromatic heterocycles. The second kappa shape index (κ2) is 5.39. The van der Waals surface area contributed by atoms with Crippen LogP contribution < -0.4 is 0 Å². The van der Waals surface area contributed by atoms with E-state index in [0.29, 0.717) is 17.5 Å². The lowest BCUT2D eigenvalue weighted by atomic mass is 9.70. The van der Waals surface area contributed by atoms with Crippen molar-refractivity contribution in [3.05, 3.63) is 11.1 Å². The first kappa shape index (κ1) is 13.8. The summed E-state index contributed by atoms with van der Waals surface area (Å²) in [5, 5.41) is 0.436. The molecular weight excluding hydrogens is 216 g/mol. The maximum atomic E-state index is 12.3. The molecule has 1 rings (SSSR count). The number of Topliss-reactive ketones (excluding diaryl/α,β-unsaturated/α-hetero) is 1. The molecule has 0 amide bonds. The van der Waals surface area contributed by atoms with Crippen LogP contribution in [0.2, 0.25) is 0 Å². The summed E-state index contributed by atoms with van der Waals surface area (Å²) in [6.45, 7) is 8.70. The van der Waals surface area contributed by atoms with E-state index in [4.69, 9.17) is 0 Å². The van der Waals surface area contributed by atoms with Crippen molar-refractivity contribution >= 4 is 17.5 Å². The van der Waals surface area contributed by atoms with Gasteiger partial charge in [0.2, 0.25) is 0 Å². The van der Waals surface area contributed by atoms with Crippen molar-refractivity contribution in [2.75, 3.05) is 6.26 Å². The number of rotatable bonds is 4. The zero-order chi connectivity index (χ0) is 12.3. The van der Waals surface area contributed by atoms with Gasteiger partial charge in [-0.05, 0) is 43.4 Å². The van der Waals surface area contributed by atoms with E-state index in [2.05, 4.69) is 34.0 Å². The van der Waals surface area contributed by atoms with Crippen LogP contribution in [0.3, 0.4) is 0 Å². The van der Waals surface area contributed by atoms with Crippen LogP contribution in [-0.4, -0.2) is 17.3 Å². The number of thioether (sulfide) groups is 1. The molecule has 0 bridgehead atoms. The summed E-state index contributed by atoms with van der Waals surface area (Å²) in [5.41, 5.74) is 2.55. The standard InChI is InChI=1S/C14H24OS/c1-10-7-6-8-14(3,4)13(10)12(15)9-11(2)16-5/h11H,6-9H2,1-5H3/t11-/m0/s1. The number of carbonyl (C=O) groups excluding carboxylic acids is 1. The molecule has 0 radical (unpaired) electrons. The highest BCUT2D eigenvalue weighted by molar-refractivity contribution is 7.99. The first-order chi connectivity index (χ1) is 7.38. The van der Waals surface area contributed by atoms with Crippen LogP contribution >= 0.6 is 11.8 Å². The van der Waals surface area contributed by atoms with Crippen LogP contribution in [0.15, 0.2) is 11.1 Å². The minimum atomic E-state index is 0.0948. The molecule has 0 N–H and O–H groups in total. The third-order valence-corrected chi connectivity index (χ3v) is 4.58. The molecule has 1 nitrogen and oxygen atoms in total. The highest BCUT2D eigenvalue weighted by Gasteiger charge is 2.32. The van der Waals surface area contributed by atoms with Gasteiger partial charge < -0.3 is 0 Å². The molecule has 0 fully saturated rings. The Hall–Kier alpha value is -0.240. The second-order valence-electron chi connectivity index (χ2n) is 5.57. The van der Waals surface area contributed by atoms with E-state index in [-0.39, 0.29) is 5.41 Å². The summed E-state index contributed by atoms with van der Waals surface area (Å²) in [6, 6.07) is 0. The number of ketones is 1. The van der Waals surface area contributed by atoms with Gasteiger partial charge in [-0.15, -0.1) is 0 Å². The third-order valence-electron chi connectivity index (χ3n) is 3.61. The SMILES string of the molecule is CS[C@@H](C)CC(=O)C1=C(C)CCCC1(C)C. The molecule has 2 heteroatoms. The molecule has 1 atom stereocenters. The van der Waals surface area contributed by atoms with E-state index in [0.717, 1.165) is 18.4 Å². The van der Waals surface area contributed by atoms with Crippen LogP contribution in [0.25, 0.3) is 0 Å². The lowest BCUT2D eigenvalue weighted by Crippen LogP contribution is -2.27. The molecule has 92 valence electrons. The topological polar surface area (TPSA) is 17.1 Å². The van der Waals surface area contributed by atoms with Gasteiger partial charge >= 0.3 is 0 Å². The summed E-state index contributed by atoms with van der Waals surface area (Å²) in [4.78, 5) is 12.3. The lowest BCUT2D eigenvalue weighted by molar-refractivity contribution is -0.116. The first-order valence-corrected chi connectivity index (χ1v) is 7.43. The molecule has 0 heterocycles. The van der Waals surface area contributed by atoms with E-state index in [1.54, 1.807) is 11.8 Å². The summed E-state index contributed by atoms with van der Waals surface area (Å²) >= 11 is 1.78. The smallest absolute Gasteiger partial charge is 0.160 e. The van der Waals surface area contributed by atoms with Gasteiger partial charge in [-0.2, -0.15) is 11.8 Å². The fourth-order valence-corrected chi connectivity index (χ4v) is 3.00. The molecule has 0 spiro atoms. The van der Waals surface area contributed by atoms with Crippen LogP contribution in [0, 0.1) is 5.41 Å². The Kier molecular flexibility index (Phi) is 4.66. The van der Waals surface area contributed by atoms with Crippen molar-refractivity contribution in [3.63, 3.8) is 0 Å². The number of hydrogen-bond acceptors (Lipinski definition) is 2. The summed E-state index contributed by atoms with van der Waals surface area (Å²) in [7, 11) is 0. The van der Waals surface area contributed by atoms with Crippen LogP contribution in [0.1, 0.15) is 53.4 Å². The Morgan fingerprint density at radius 2 is 2.12 bits per heavy atom. The Labute approximate surface area is 104 Å². The molecule has 0 saturated heterocycles. The van der Waals surface area contributed by atoms with Gasteiger partial charge in [-0.3, -0.25) is 4.79 Å². The van der Waals surface area contributed by atoms with Crippen molar-refractivity contribution in [2.45, 2.75) is 58.6 Å². The summed E-state index contributed by atoms with van der Waals surface area (Å²) < 4.78 is 0. The molecule has 16 heavy (non-hydrogen) atoms. The van der Waals surface area contributed by atoms with Gasteiger partial charge in [0, 0.05) is 11.7 Å². The Morgan fingerprint density at radius 3 is 2.62 bits per heavy atom. The van der Waals surface area contributed by atoms with Gasteiger partial charge in [0.1, 0.15) is 0 Å². The normalized spacial score (nSPS) is 22.1.